The molecule has 0 saturated carbocycles. The Kier molecular flexibility index (Phi) is 3.93. The number of rotatable bonds is 4. The van der Waals surface area contributed by atoms with Crippen molar-refractivity contribution in [1.29, 1.82) is 5.26 Å². The van der Waals surface area contributed by atoms with Gasteiger partial charge in [0, 0.05) is 6.42 Å². The van der Waals surface area contributed by atoms with Crippen molar-refractivity contribution in [2.45, 2.75) is 19.3 Å². The molecular weight excluding hydrogens is 181 g/mol. The first-order chi connectivity index (χ1) is 6.77. The zero-order valence-corrected chi connectivity index (χ0v) is 8.09. The van der Waals surface area contributed by atoms with Crippen molar-refractivity contribution >= 4 is 0 Å². The fourth-order valence-corrected chi connectivity index (χ4v) is 1.24. The monoisotopic (exact) mass is 193 g/mol. The number of aryl methyl sites for hydroxylation is 1. The van der Waals surface area contributed by atoms with Crippen molar-refractivity contribution in [3.05, 3.63) is 29.6 Å². The number of hydrogen-bond donors (Lipinski definition) is 0. The van der Waals surface area contributed by atoms with Gasteiger partial charge in [-0.1, -0.05) is 6.07 Å². The van der Waals surface area contributed by atoms with E-state index in [0.717, 1.165) is 18.4 Å². The number of unbranched alkanes of at least 4 members (excludes halogenated alkanes) is 1. The molecular formula is C11H12FNO. The van der Waals surface area contributed by atoms with Crippen molar-refractivity contribution in [2.75, 3.05) is 7.11 Å². The molecule has 3 heteroatoms. The van der Waals surface area contributed by atoms with E-state index in [1.165, 1.54) is 13.2 Å². The highest BCUT2D eigenvalue weighted by molar-refractivity contribution is 5.29. The van der Waals surface area contributed by atoms with Crippen LogP contribution in [0.25, 0.3) is 0 Å². The third-order valence-electron chi connectivity index (χ3n) is 1.97. The smallest absolute Gasteiger partial charge is 0.165 e. The molecule has 0 unspecified atom stereocenters. The molecule has 0 fully saturated rings. The molecule has 74 valence electrons. The molecule has 0 saturated heterocycles. The van der Waals surface area contributed by atoms with Gasteiger partial charge < -0.3 is 4.74 Å². The molecule has 0 atom stereocenters. The van der Waals surface area contributed by atoms with E-state index in [4.69, 9.17) is 10.00 Å². The summed E-state index contributed by atoms with van der Waals surface area (Å²) in [6.45, 7) is 0. The standard InChI is InChI=1S/C11H12FNO/c1-14-11-6-5-9(8-10(11)12)4-2-3-7-13/h5-6,8H,2-4H2,1H3. The van der Waals surface area contributed by atoms with Crippen LogP contribution in [0.5, 0.6) is 5.75 Å². The second-order valence-corrected chi connectivity index (χ2v) is 2.98. The fraction of sp³-hybridized carbons (Fsp3) is 0.364. The van der Waals surface area contributed by atoms with E-state index < -0.39 is 0 Å². The zero-order chi connectivity index (χ0) is 10.4. The molecule has 0 bridgehead atoms. The molecule has 2 nitrogen and oxygen atoms in total. The lowest BCUT2D eigenvalue weighted by molar-refractivity contribution is 0.386. The Morgan fingerprint density at radius 1 is 1.50 bits per heavy atom. The minimum Gasteiger partial charge on any atom is -0.494 e. The van der Waals surface area contributed by atoms with Crippen molar-refractivity contribution in [2.24, 2.45) is 0 Å². The maximum atomic E-state index is 13.2. The van der Waals surface area contributed by atoms with Gasteiger partial charge in [-0.3, -0.25) is 0 Å². The summed E-state index contributed by atoms with van der Waals surface area (Å²) in [6.07, 6.45) is 2.00. The largest absolute Gasteiger partial charge is 0.494 e. The molecule has 0 aromatic heterocycles. The van der Waals surface area contributed by atoms with Gasteiger partial charge in [0.1, 0.15) is 0 Å². The molecule has 1 rings (SSSR count). The summed E-state index contributed by atoms with van der Waals surface area (Å²) in [5.41, 5.74) is 0.901. The first kappa shape index (κ1) is 10.5. The number of halogens is 1. The number of methoxy groups -OCH3 is 1. The summed E-state index contributed by atoms with van der Waals surface area (Å²) in [4.78, 5) is 0. The maximum absolute atomic E-state index is 13.2. The Hall–Kier alpha value is -1.56. The molecule has 0 heterocycles. The SMILES string of the molecule is COc1ccc(CCCC#N)cc1F. The Balaban J connectivity index is 2.63. The van der Waals surface area contributed by atoms with Gasteiger partial charge in [0.2, 0.25) is 0 Å². The van der Waals surface area contributed by atoms with E-state index in [1.54, 1.807) is 6.07 Å². The molecule has 0 amide bonds. The van der Waals surface area contributed by atoms with Crippen LogP contribution in [0, 0.1) is 17.1 Å². The van der Waals surface area contributed by atoms with Crippen LogP contribution in [0.15, 0.2) is 18.2 Å². The van der Waals surface area contributed by atoms with Crippen LogP contribution in [-0.2, 0) is 6.42 Å². The lowest BCUT2D eigenvalue weighted by Gasteiger charge is -2.03. The van der Waals surface area contributed by atoms with Crippen LogP contribution in [0.2, 0.25) is 0 Å². The van der Waals surface area contributed by atoms with Crippen LogP contribution in [0.4, 0.5) is 4.39 Å². The highest BCUT2D eigenvalue weighted by Gasteiger charge is 2.02. The molecule has 0 N–H and O–H groups in total. The first-order valence-corrected chi connectivity index (χ1v) is 4.47. The van der Waals surface area contributed by atoms with E-state index in [9.17, 15) is 4.39 Å². The predicted octanol–water partition coefficient (Wildman–Crippen LogP) is 2.68. The van der Waals surface area contributed by atoms with Crippen molar-refractivity contribution in [3.63, 3.8) is 0 Å². The minimum atomic E-state index is -0.345. The predicted molar refractivity (Wildman–Crippen MR) is 51.5 cm³/mol. The molecule has 0 aliphatic heterocycles. The third kappa shape index (κ3) is 2.74. The van der Waals surface area contributed by atoms with Gasteiger partial charge in [0.15, 0.2) is 11.6 Å². The highest BCUT2D eigenvalue weighted by atomic mass is 19.1. The summed E-state index contributed by atoms with van der Waals surface area (Å²) < 4.78 is 18.0. The van der Waals surface area contributed by atoms with E-state index in [2.05, 4.69) is 6.07 Å². The molecule has 0 spiro atoms. The number of benzene rings is 1. The second-order valence-electron chi connectivity index (χ2n) is 2.98. The molecule has 0 aliphatic carbocycles. The molecule has 0 aliphatic rings. The maximum Gasteiger partial charge on any atom is 0.165 e. The normalized spacial score (nSPS) is 9.50. The Bertz CT molecular complexity index is 344. The summed E-state index contributed by atoms with van der Waals surface area (Å²) >= 11 is 0. The van der Waals surface area contributed by atoms with Gasteiger partial charge in [0.25, 0.3) is 0 Å². The Morgan fingerprint density at radius 3 is 2.86 bits per heavy atom. The summed E-state index contributed by atoms with van der Waals surface area (Å²) in [5, 5.41) is 8.34. The number of ether oxygens (including phenoxy) is 1. The fourth-order valence-electron chi connectivity index (χ4n) is 1.24. The second kappa shape index (κ2) is 5.23. The average Bonchev–Trinajstić information content (AvgIpc) is 2.18. The van der Waals surface area contributed by atoms with Crippen LogP contribution < -0.4 is 4.74 Å². The number of nitriles is 1. The highest BCUT2D eigenvalue weighted by Crippen LogP contribution is 2.18. The minimum absolute atomic E-state index is 0.258. The zero-order valence-electron chi connectivity index (χ0n) is 8.09. The third-order valence-corrected chi connectivity index (χ3v) is 1.97. The summed E-state index contributed by atoms with van der Waals surface area (Å²) in [5.74, 6) is -0.0870. The van der Waals surface area contributed by atoms with Crippen LogP contribution in [-0.4, -0.2) is 7.11 Å². The van der Waals surface area contributed by atoms with Gasteiger partial charge >= 0.3 is 0 Å². The van der Waals surface area contributed by atoms with E-state index in [0.29, 0.717) is 6.42 Å². The van der Waals surface area contributed by atoms with Gasteiger partial charge in [-0.05, 0) is 30.5 Å². The average molecular weight is 193 g/mol. The van der Waals surface area contributed by atoms with Gasteiger partial charge in [-0.15, -0.1) is 0 Å². The quantitative estimate of drug-likeness (QED) is 0.689. The van der Waals surface area contributed by atoms with Crippen molar-refractivity contribution in [1.82, 2.24) is 0 Å². The summed E-state index contributed by atoms with van der Waals surface area (Å²) in [7, 11) is 1.44. The number of hydrogen-bond acceptors (Lipinski definition) is 2. The van der Waals surface area contributed by atoms with Crippen LogP contribution in [0.3, 0.4) is 0 Å². The Labute approximate surface area is 82.9 Å². The van der Waals surface area contributed by atoms with Crippen molar-refractivity contribution < 1.29 is 9.13 Å². The van der Waals surface area contributed by atoms with E-state index in [1.807, 2.05) is 6.07 Å². The molecule has 1 aromatic rings. The number of nitrogens with zero attached hydrogens (tertiary/aromatic N) is 1. The van der Waals surface area contributed by atoms with Gasteiger partial charge in [-0.25, -0.2) is 4.39 Å². The summed E-state index contributed by atoms with van der Waals surface area (Å²) in [6, 6.07) is 6.94. The van der Waals surface area contributed by atoms with Gasteiger partial charge in [0.05, 0.1) is 13.2 Å². The van der Waals surface area contributed by atoms with E-state index in [-0.39, 0.29) is 11.6 Å². The molecule has 1 aromatic carbocycles. The topological polar surface area (TPSA) is 33.0 Å². The Morgan fingerprint density at radius 2 is 2.29 bits per heavy atom. The van der Waals surface area contributed by atoms with Crippen LogP contribution >= 0.6 is 0 Å². The van der Waals surface area contributed by atoms with Gasteiger partial charge in [-0.2, -0.15) is 5.26 Å². The molecule has 14 heavy (non-hydrogen) atoms. The lowest BCUT2D eigenvalue weighted by atomic mass is 10.1. The first-order valence-electron chi connectivity index (χ1n) is 4.47. The van der Waals surface area contributed by atoms with E-state index >= 15 is 0 Å². The molecule has 0 radical (unpaired) electrons. The van der Waals surface area contributed by atoms with Crippen LogP contribution in [0.1, 0.15) is 18.4 Å². The van der Waals surface area contributed by atoms with Crippen molar-refractivity contribution in [3.8, 4) is 11.8 Å². The lowest BCUT2D eigenvalue weighted by Crippen LogP contribution is -1.91.